The first-order chi connectivity index (χ1) is 13.6. The van der Waals surface area contributed by atoms with Crippen molar-refractivity contribution in [2.45, 2.75) is 12.8 Å². The number of rotatable bonds is 4. The Labute approximate surface area is 159 Å². The first-order valence-electron chi connectivity index (χ1n) is 8.89. The van der Waals surface area contributed by atoms with E-state index in [1.807, 2.05) is 24.3 Å². The molecule has 0 radical (unpaired) electrons. The van der Waals surface area contributed by atoms with Gasteiger partial charge in [-0.2, -0.15) is 4.39 Å². The van der Waals surface area contributed by atoms with E-state index in [0.717, 1.165) is 18.2 Å². The quantitative estimate of drug-likeness (QED) is 0.529. The number of aromatic nitrogens is 2. The van der Waals surface area contributed by atoms with Crippen LogP contribution >= 0.6 is 0 Å². The average molecular weight is 374 g/mol. The number of hydrogen-bond donors (Lipinski definition) is 2. The second-order valence-electron chi connectivity index (χ2n) is 6.81. The number of carboxylic acid groups (broad SMARTS) is 1. The first kappa shape index (κ1) is 16.5. The molecule has 28 heavy (non-hydrogen) atoms. The smallest absolute Gasteiger partial charge is 0.339 e. The molecule has 138 valence electrons. The van der Waals surface area contributed by atoms with Crippen molar-refractivity contribution in [3.8, 4) is 22.6 Å². The van der Waals surface area contributed by atoms with Gasteiger partial charge in [-0.25, -0.2) is 4.79 Å². The van der Waals surface area contributed by atoms with Crippen LogP contribution in [-0.4, -0.2) is 21.3 Å². The maximum absolute atomic E-state index is 13.7. The molecule has 0 atom stereocenters. The van der Waals surface area contributed by atoms with Crippen molar-refractivity contribution in [3.63, 3.8) is 0 Å². The van der Waals surface area contributed by atoms with Crippen molar-refractivity contribution in [1.29, 1.82) is 0 Å². The minimum Gasteiger partial charge on any atom is -0.478 e. The summed E-state index contributed by atoms with van der Waals surface area (Å²) < 4.78 is 19.7. The van der Waals surface area contributed by atoms with Gasteiger partial charge in [0.25, 0.3) is 0 Å². The third kappa shape index (κ3) is 2.62. The lowest BCUT2D eigenvalue weighted by Gasteiger charge is -2.12. The van der Waals surface area contributed by atoms with E-state index in [2.05, 4.69) is 16.3 Å². The van der Waals surface area contributed by atoms with Crippen molar-refractivity contribution in [1.82, 2.24) is 10.2 Å². The summed E-state index contributed by atoms with van der Waals surface area (Å²) in [6.45, 7) is 0. The average Bonchev–Trinajstić information content (AvgIpc) is 3.29. The second-order valence-corrected chi connectivity index (χ2v) is 6.81. The normalized spacial score (nSPS) is 12.5. The van der Waals surface area contributed by atoms with Gasteiger partial charge in [-0.05, 0) is 64.6 Å². The molecule has 6 heteroatoms. The molecule has 1 aliphatic rings. The fraction of sp³-hybridized carbons (Fsp3) is 0.0909. The van der Waals surface area contributed by atoms with E-state index >= 15 is 0 Å². The van der Waals surface area contributed by atoms with E-state index in [4.69, 9.17) is 4.74 Å². The van der Waals surface area contributed by atoms with Crippen LogP contribution < -0.4 is 4.74 Å². The molecule has 1 aliphatic carbocycles. The Morgan fingerprint density at radius 3 is 2.75 bits per heavy atom. The van der Waals surface area contributed by atoms with Crippen LogP contribution in [0.1, 0.15) is 21.5 Å². The van der Waals surface area contributed by atoms with E-state index in [1.54, 1.807) is 12.1 Å². The van der Waals surface area contributed by atoms with Gasteiger partial charge in [0.05, 0.1) is 5.56 Å². The Kier molecular flexibility index (Phi) is 3.65. The highest BCUT2D eigenvalue weighted by Crippen LogP contribution is 2.37. The zero-order chi connectivity index (χ0) is 19.3. The van der Waals surface area contributed by atoms with Gasteiger partial charge in [0.2, 0.25) is 5.95 Å². The molecule has 0 saturated carbocycles. The number of halogens is 1. The minimum absolute atomic E-state index is 0.0385. The predicted molar refractivity (Wildman–Crippen MR) is 102 cm³/mol. The molecule has 4 aromatic rings. The Morgan fingerprint density at radius 2 is 1.96 bits per heavy atom. The molecule has 5 nitrogen and oxygen atoms in total. The summed E-state index contributed by atoms with van der Waals surface area (Å²) in [6, 6.07) is 14.6. The third-order valence-electron chi connectivity index (χ3n) is 5.12. The topological polar surface area (TPSA) is 75.2 Å². The van der Waals surface area contributed by atoms with Crippen molar-refractivity contribution < 1.29 is 19.0 Å². The molecule has 0 aliphatic heterocycles. The Balaban J connectivity index is 1.56. The first-order valence-corrected chi connectivity index (χ1v) is 8.89. The summed E-state index contributed by atoms with van der Waals surface area (Å²) in [7, 11) is 0. The maximum Gasteiger partial charge on any atom is 0.339 e. The van der Waals surface area contributed by atoms with Crippen LogP contribution in [0.5, 0.6) is 11.5 Å². The van der Waals surface area contributed by atoms with Gasteiger partial charge < -0.3 is 9.84 Å². The SMILES string of the molecule is O=C(O)c1cc(-c2c[nH]nc2F)ccc1Oc1cc2c3c(cccc3c1)CC2. The van der Waals surface area contributed by atoms with Gasteiger partial charge in [-0.15, -0.1) is 5.10 Å². The number of nitrogens with zero attached hydrogens (tertiary/aromatic N) is 1. The number of carbonyl (C=O) groups is 1. The summed E-state index contributed by atoms with van der Waals surface area (Å²) in [5.74, 6) is -1.03. The van der Waals surface area contributed by atoms with E-state index in [-0.39, 0.29) is 16.9 Å². The van der Waals surface area contributed by atoms with Gasteiger partial charge >= 0.3 is 5.97 Å². The van der Waals surface area contributed by atoms with Crippen molar-refractivity contribution in [3.05, 3.63) is 77.4 Å². The Morgan fingerprint density at radius 1 is 1.11 bits per heavy atom. The number of nitrogens with one attached hydrogen (secondary N) is 1. The number of aromatic carboxylic acids is 1. The Hall–Kier alpha value is -3.67. The third-order valence-corrected chi connectivity index (χ3v) is 5.12. The maximum atomic E-state index is 13.7. The fourth-order valence-electron chi connectivity index (χ4n) is 3.86. The molecule has 0 bridgehead atoms. The molecular weight excluding hydrogens is 359 g/mol. The summed E-state index contributed by atoms with van der Waals surface area (Å²) in [4.78, 5) is 11.8. The molecule has 0 saturated heterocycles. The number of aromatic amines is 1. The number of aryl methyl sites for hydroxylation is 2. The van der Waals surface area contributed by atoms with Gasteiger partial charge in [0.15, 0.2) is 0 Å². The molecular formula is C22H15FN2O3. The van der Waals surface area contributed by atoms with Gasteiger partial charge in [0.1, 0.15) is 17.1 Å². The standard InChI is InChI=1S/C22H15FN2O3/c23-21-18(11-24-25-21)13-6-7-19(17(10-13)22(26)27)28-16-8-14-3-1-2-12-4-5-15(9-16)20(12)14/h1-3,6-11H,4-5H2,(H,24,25)(H,26,27). The largest absolute Gasteiger partial charge is 0.478 e. The summed E-state index contributed by atoms with van der Waals surface area (Å²) in [5, 5.41) is 17.8. The van der Waals surface area contributed by atoms with Crippen LogP contribution in [-0.2, 0) is 12.8 Å². The van der Waals surface area contributed by atoms with E-state index in [9.17, 15) is 14.3 Å². The number of H-pyrrole nitrogens is 1. The van der Waals surface area contributed by atoms with Crippen molar-refractivity contribution in [2.24, 2.45) is 0 Å². The molecule has 0 spiro atoms. The van der Waals surface area contributed by atoms with Crippen LogP contribution in [0.25, 0.3) is 21.9 Å². The summed E-state index contributed by atoms with van der Waals surface area (Å²) in [5.41, 5.74) is 3.12. The van der Waals surface area contributed by atoms with E-state index < -0.39 is 11.9 Å². The highest BCUT2D eigenvalue weighted by Gasteiger charge is 2.19. The van der Waals surface area contributed by atoms with Crippen molar-refractivity contribution >= 4 is 16.7 Å². The molecule has 5 rings (SSSR count). The lowest BCUT2D eigenvalue weighted by atomic mass is 10.0. The highest BCUT2D eigenvalue weighted by atomic mass is 19.1. The predicted octanol–water partition coefficient (Wildman–Crippen LogP) is 4.96. The number of ether oxygens (including phenoxy) is 1. The molecule has 1 aromatic heterocycles. The number of carboxylic acids is 1. The molecule has 1 heterocycles. The monoisotopic (exact) mass is 374 g/mol. The van der Waals surface area contributed by atoms with Crippen LogP contribution in [0, 0.1) is 5.95 Å². The number of benzene rings is 3. The Bertz CT molecular complexity index is 1250. The van der Waals surface area contributed by atoms with Crippen LogP contribution in [0.3, 0.4) is 0 Å². The lowest BCUT2D eigenvalue weighted by molar-refractivity contribution is 0.0694. The molecule has 3 aromatic carbocycles. The van der Waals surface area contributed by atoms with Gasteiger partial charge in [-0.3, -0.25) is 5.10 Å². The van der Waals surface area contributed by atoms with Crippen LogP contribution in [0.2, 0.25) is 0 Å². The van der Waals surface area contributed by atoms with E-state index in [1.165, 1.54) is 28.8 Å². The molecule has 0 fully saturated rings. The summed E-state index contributed by atoms with van der Waals surface area (Å²) in [6.07, 6.45) is 3.33. The van der Waals surface area contributed by atoms with E-state index in [0.29, 0.717) is 11.3 Å². The van der Waals surface area contributed by atoms with Crippen LogP contribution in [0.4, 0.5) is 4.39 Å². The zero-order valence-corrected chi connectivity index (χ0v) is 14.7. The minimum atomic E-state index is -1.15. The van der Waals surface area contributed by atoms with Crippen molar-refractivity contribution in [2.75, 3.05) is 0 Å². The zero-order valence-electron chi connectivity index (χ0n) is 14.7. The number of hydrogen-bond acceptors (Lipinski definition) is 3. The van der Waals surface area contributed by atoms with Gasteiger partial charge in [0, 0.05) is 6.20 Å². The lowest BCUT2D eigenvalue weighted by Crippen LogP contribution is -2.01. The fourth-order valence-corrected chi connectivity index (χ4v) is 3.86. The second kappa shape index (κ2) is 6.20. The summed E-state index contributed by atoms with van der Waals surface area (Å²) >= 11 is 0. The highest BCUT2D eigenvalue weighted by molar-refractivity contribution is 5.94. The molecule has 2 N–H and O–H groups in total. The molecule has 0 unspecified atom stereocenters. The van der Waals surface area contributed by atoms with Crippen LogP contribution in [0.15, 0.2) is 54.7 Å². The molecule has 0 amide bonds. The van der Waals surface area contributed by atoms with Gasteiger partial charge in [-0.1, -0.05) is 24.3 Å².